The number of H-pyrrole nitrogens is 1. The molecule has 92 valence electrons. The molecule has 0 fully saturated rings. The van der Waals surface area contributed by atoms with E-state index < -0.39 is 0 Å². The molecular formula is C15H22N2. The van der Waals surface area contributed by atoms with Gasteiger partial charge in [0, 0.05) is 22.6 Å². The first-order valence-electron chi connectivity index (χ1n) is 6.28. The van der Waals surface area contributed by atoms with Crippen molar-refractivity contribution in [2.75, 3.05) is 6.54 Å². The summed E-state index contributed by atoms with van der Waals surface area (Å²) in [5.41, 5.74) is 4.19. The molecule has 1 aromatic carbocycles. The second kappa shape index (κ2) is 4.53. The van der Waals surface area contributed by atoms with Crippen molar-refractivity contribution in [3.8, 4) is 0 Å². The SMILES string of the molecule is Cc1cccc2c(CCNC(C)(C)C)c[nH]c12. The minimum atomic E-state index is 0.196. The topological polar surface area (TPSA) is 27.8 Å². The van der Waals surface area contributed by atoms with Gasteiger partial charge in [0.1, 0.15) is 0 Å². The Morgan fingerprint density at radius 3 is 2.71 bits per heavy atom. The third kappa shape index (κ3) is 2.89. The van der Waals surface area contributed by atoms with Crippen LogP contribution in [0.1, 0.15) is 31.9 Å². The smallest absolute Gasteiger partial charge is 0.0486 e. The number of aryl methyl sites for hydroxylation is 1. The fourth-order valence-corrected chi connectivity index (χ4v) is 2.14. The van der Waals surface area contributed by atoms with Gasteiger partial charge >= 0.3 is 0 Å². The van der Waals surface area contributed by atoms with Crippen molar-refractivity contribution in [2.24, 2.45) is 0 Å². The summed E-state index contributed by atoms with van der Waals surface area (Å²) in [5, 5.41) is 4.89. The van der Waals surface area contributed by atoms with Crippen molar-refractivity contribution < 1.29 is 0 Å². The quantitative estimate of drug-likeness (QED) is 0.831. The van der Waals surface area contributed by atoms with Crippen LogP contribution in [0.4, 0.5) is 0 Å². The fourth-order valence-electron chi connectivity index (χ4n) is 2.14. The van der Waals surface area contributed by atoms with Crippen molar-refractivity contribution in [3.63, 3.8) is 0 Å². The van der Waals surface area contributed by atoms with E-state index in [9.17, 15) is 0 Å². The van der Waals surface area contributed by atoms with Crippen LogP contribution in [0.2, 0.25) is 0 Å². The van der Waals surface area contributed by atoms with Crippen molar-refractivity contribution >= 4 is 10.9 Å². The molecule has 0 amide bonds. The Labute approximate surface area is 103 Å². The standard InChI is InChI=1S/C15H22N2/c1-11-6-5-7-13-12(10-16-14(11)13)8-9-17-15(2,3)4/h5-7,10,16-17H,8-9H2,1-4H3. The molecule has 0 saturated carbocycles. The Morgan fingerprint density at radius 2 is 2.00 bits per heavy atom. The molecule has 0 aliphatic carbocycles. The number of hydrogen-bond donors (Lipinski definition) is 2. The van der Waals surface area contributed by atoms with Crippen LogP contribution in [0.15, 0.2) is 24.4 Å². The average molecular weight is 230 g/mol. The molecule has 2 N–H and O–H groups in total. The van der Waals surface area contributed by atoms with Gasteiger partial charge in [0.25, 0.3) is 0 Å². The van der Waals surface area contributed by atoms with Gasteiger partial charge in [-0.05, 0) is 51.8 Å². The zero-order valence-corrected chi connectivity index (χ0v) is 11.2. The monoisotopic (exact) mass is 230 g/mol. The van der Waals surface area contributed by atoms with Crippen LogP contribution in [0, 0.1) is 6.92 Å². The molecule has 1 aromatic heterocycles. The second-order valence-electron chi connectivity index (χ2n) is 5.74. The van der Waals surface area contributed by atoms with Gasteiger partial charge in [-0.25, -0.2) is 0 Å². The number of benzene rings is 1. The molecule has 1 heterocycles. The van der Waals surface area contributed by atoms with Crippen LogP contribution in [-0.2, 0) is 6.42 Å². The van der Waals surface area contributed by atoms with Crippen LogP contribution < -0.4 is 5.32 Å². The highest BCUT2D eigenvalue weighted by molar-refractivity contribution is 5.85. The van der Waals surface area contributed by atoms with E-state index >= 15 is 0 Å². The molecule has 2 rings (SSSR count). The molecule has 0 aliphatic rings. The Morgan fingerprint density at radius 1 is 1.24 bits per heavy atom. The number of nitrogens with one attached hydrogen (secondary N) is 2. The van der Waals surface area contributed by atoms with E-state index in [1.807, 2.05) is 0 Å². The molecule has 0 unspecified atom stereocenters. The molecule has 0 spiro atoms. The molecule has 2 heteroatoms. The number of para-hydroxylation sites is 1. The van der Waals surface area contributed by atoms with Gasteiger partial charge in [-0.2, -0.15) is 0 Å². The molecule has 0 saturated heterocycles. The molecule has 0 atom stereocenters. The third-order valence-electron chi connectivity index (χ3n) is 3.06. The largest absolute Gasteiger partial charge is 0.361 e. The van der Waals surface area contributed by atoms with E-state index in [1.54, 1.807) is 0 Å². The zero-order valence-electron chi connectivity index (χ0n) is 11.2. The highest BCUT2D eigenvalue weighted by atomic mass is 14.9. The first-order valence-corrected chi connectivity index (χ1v) is 6.28. The lowest BCUT2D eigenvalue weighted by Crippen LogP contribution is -2.37. The number of aromatic nitrogens is 1. The second-order valence-corrected chi connectivity index (χ2v) is 5.74. The first-order chi connectivity index (χ1) is 7.97. The highest BCUT2D eigenvalue weighted by Crippen LogP contribution is 2.21. The molecule has 17 heavy (non-hydrogen) atoms. The maximum atomic E-state index is 3.53. The molecule has 0 radical (unpaired) electrons. The highest BCUT2D eigenvalue weighted by Gasteiger charge is 2.09. The fraction of sp³-hybridized carbons (Fsp3) is 0.467. The number of fused-ring (bicyclic) bond motifs is 1. The molecule has 0 aliphatic heterocycles. The van der Waals surface area contributed by atoms with Crippen molar-refractivity contribution in [3.05, 3.63) is 35.5 Å². The van der Waals surface area contributed by atoms with Crippen LogP contribution in [0.3, 0.4) is 0 Å². The third-order valence-corrected chi connectivity index (χ3v) is 3.06. The van der Waals surface area contributed by atoms with Gasteiger partial charge in [0.2, 0.25) is 0 Å². The van der Waals surface area contributed by atoms with Crippen molar-refractivity contribution in [2.45, 2.75) is 39.7 Å². The minimum absolute atomic E-state index is 0.196. The molecule has 0 bridgehead atoms. The number of hydrogen-bond acceptors (Lipinski definition) is 1. The minimum Gasteiger partial charge on any atom is -0.361 e. The van der Waals surface area contributed by atoms with Gasteiger partial charge in [0.15, 0.2) is 0 Å². The van der Waals surface area contributed by atoms with Gasteiger partial charge in [-0.15, -0.1) is 0 Å². The van der Waals surface area contributed by atoms with E-state index in [0.29, 0.717) is 0 Å². The Hall–Kier alpha value is -1.28. The Kier molecular flexibility index (Phi) is 3.25. The zero-order chi connectivity index (χ0) is 12.5. The normalized spacial score (nSPS) is 12.2. The summed E-state index contributed by atoms with van der Waals surface area (Å²) < 4.78 is 0. The summed E-state index contributed by atoms with van der Waals surface area (Å²) >= 11 is 0. The van der Waals surface area contributed by atoms with Crippen molar-refractivity contribution in [1.82, 2.24) is 10.3 Å². The van der Waals surface area contributed by atoms with Gasteiger partial charge < -0.3 is 10.3 Å². The lowest BCUT2D eigenvalue weighted by molar-refractivity contribution is 0.430. The van der Waals surface area contributed by atoms with Gasteiger partial charge in [-0.1, -0.05) is 18.2 Å². The van der Waals surface area contributed by atoms with E-state index in [2.05, 4.69) is 62.4 Å². The summed E-state index contributed by atoms with van der Waals surface area (Å²) in [6, 6.07) is 6.48. The Balaban J connectivity index is 2.12. The first kappa shape index (κ1) is 12.2. The van der Waals surface area contributed by atoms with Crippen LogP contribution in [-0.4, -0.2) is 17.1 Å². The van der Waals surface area contributed by atoms with Gasteiger partial charge in [-0.3, -0.25) is 0 Å². The van der Waals surface area contributed by atoms with Gasteiger partial charge in [0.05, 0.1) is 0 Å². The van der Waals surface area contributed by atoms with E-state index in [0.717, 1.165) is 13.0 Å². The van der Waals surface area contributed by atoms with Crippen LogP contribution in [0.5, 0.6) is 0 Å². The maximum absolute atomic E-state index is 3.53. The van der Waals surface area contributed by atoms with E-state index in [-0.39, 0.29) is 5.54 Å². The molecular weight excluding hydrogens is 208 g/mol. The predicted octanol–water partition coefficient (Wildman–Crippen LogP) is 3.41. The summed E-state index contributed by atoms with van der Waals surface area (Å²) in [6.07, 6.45) is 3.21. The number of rotatable bonds is 3. The van der Waals surface area contributed by atoms with Crippen LogP contribution in [0.25, 0.3) is 10.9 Å². The lowest BCUT2D eigenvalue weighted by atomic mass is 10.1. The predicted molar refractivity (Wildman–Crippen MR) is 74.5 cm³/mol. The molecule has 2 nitrogen and oxygen atoms in total. The number of aromatic amines is 1. The average Bonchev–Trinajstić information content (AvgIpc) is 2.61. The Bertz CT molecular complexity index is 503. The van der Waals surface area contributed by atoms with E-state index in [4.69, 9.17) is 0 Å². The summed E-state index contributed by atoms with van der Waals surface area (Å²) in [4.78, 5) is 3.38. The van der Waals surface area contributed by atoms with Crippen LogP contribution >= 0.6 is 0 Å². The molecule has 2 aromatic rings. The van der Waals surface area contributed by atoms with E-state index in [1.165, 1.54) is 22.0 Å². The lowest BCUT2D eigenvalue weighted by Gasteiger charge is -2.20. The summed E-state index contributed by atoms with van der Waals surface area (Å²) in [7, 11) is 0. The summed E-state index contributed by atoms with van der Waals surface area (Å²) in [5.74, 6) is 0. The maximum Gasteiger partial charge on any atom is 0.0486 e. The van der Waals surface area contributed by atoms with Crippen molar-refractivity contribution in [1.29, 1.82) is 0 Å². The summed E-state index contributed by atoms with van der Waals surface area (Å²) in [6.45, 7) is 9.77.